The number of methoxy groups -OCH3 is 1. The number of ether oxygens (including phenoxy) is 1. The van der Waals surface area contributed by atoms with Crippen LogP contribution < -0.4 is 4.74 Å². The summed E-state index contributed by atoms with van der Waals surface area (Å²) in [5.41, 5.74) is 0.205. The molecule has 1 aromatic rings. The first-order valence-corrected chi connectivity index (χ1v) is 4.48. The molecule has 0 saturated heterocycles. The quantitative estimate of drug-likeness (QED) is 0.753. The van der Waals surface area contributed by atoms with Gasteiger partial charge in [0.1, 0.15) is 6.07 Å². The van der Waals surface area contributed by atoms with Crippen LogP contribution in [0.1, 0.15) is 30.9 Å². The molecule has 0 spiro atoms. The minimum Gasteiger partial charge on any atom is -0.494 e. The van der Waals surface area contributed by atoms with Crippen LogP contribution in [0.4, 0.5) is 8.78 Å². The molecule has 1 aromatic carbocycles. The van der Waals surface area contributed by atoms with E-state index in [1.807, 2.05) is 0 Å². The van der Waals surface area contributed by atoms with Crippen molar-refractivity contribution in [1.29, 1.82) is 5.26 Å². The van der Waals surface area contributed by atoms with Gasteiger partial charge in [0.15, 0.2) is 11.6 Å². The van der Waals surface area contributed by atoms with Gasteiger partial charge in [0.2, 0.25) is 5.82 Å². The van der Waals surface area contributed by atoms with Gasteiger partial charge < -0.3 is 4.74 Å². The number of benzene rings is 1. The van der Waals surface area contributed by atoms with E-state index in [0.717, 1.165) is 0 Å². The van der Waals surface area contributed by atoms with E-state index in [2.05, 4.69) is 0 Å². The normalized spacial score (nSPS) is 10.2. The highest BCUT2D eigenvalue weighted by atomic mass is 19.2. The van der Waals surface area contributed by atoms with Crippen LogP contribution >= 0.6 is 0 Å². The fourth-order valence-corrected chi connectivity index (χ4v) is 1.34. The zero-order chi connectivity index (χ0) is 11.6. The first kappa shape index (κ1) is 11.4. The van der Waals surface area contributed by atoms with Crippen molar-refractivity contribution in [3.05, 3.63) is 28.8 Å². The van der Waals surface area contributed by atoms with Crippen LogP contribution in [-0.2, 0) is 0 Å². The standard InChI is InChI=1S/C11H11F2NO/c1-6(2)7-4-9(15-3)11(13)10(12)8(7)5-14/h4,6H,1-3H3. The zero-order valence-corrected chi connectivity index (χ0v) is 8.77. The average molecular weight is 211 g/mol. The number of hydrogen-bond acceptors (Lipinski definition) is 2. The molecule has 15 heavy (non-hydrogen) atoms. The first-order valence-electron chi connectivity index (χ1n) is 4.48. The van der Waals surface area contributed by atoms with Crippen molar-refractivity contribution in [3.63, 3.8) is 0 Å². The van der Waals surface area contributed by atoms with Crippen LogP contribution in [0.25, 0.3) is 0 Å². The molecule has 0 heterocycles. The molecule has 0 aliphatic carbocycles. The van der Waals surface area contributed by atoms with Gasteiger partial charge >= 0.3 is 0 Å². The molecule has 0 atom stereocenters. The van der Waals surface area contributed by atoms with Gasteiger partial charge in [0.05, 0.1) is 12.7 Å². The summed E-state index contributed by atoms with van der Waals surface area (Å²) in [4.78, 5) is 0. The fourth-order valence-electron chi connectivity index (χ4n) is 1.34. The Hall–Kier alpha value is -1.63. The summed E-state index contributed by atoms with van der Waals surface area (Å²) < 4.78 is 31.3. The first-order chi connectivity index (χ1) is 7.02. The molecule has 0 aliphatic heterocycles. The number of rotatable bonds is 2. The molecule has 1 rings (SSSR count). The molecular formula is C11H11F2NO. The topological polar surface area (TPSA) is 33.0 Å². The Balaban J connectivity index is 3.53. The Labute approximate surface area is 87.1 Å². The van der Waals surface area contributed by atoms with Crippen molar-refractivity contribution in [3.8, 4) is 11.8 Å². The lowest BCUT2D eigenvalue weighted by atomic mass is 9.97. The highest BCUT2D eigenvalue weighted by Crippen LogP contribution is 2.30. The molecule has 0 radical (unpaired) electrons. The third-order valence-corrected chi connectivity index (χ3v) is 2.16. The van der Waals surface area contributed by atoms with Crippen LogP contribution in [0.3, 0.4) is 0 Å². The lowest BCUT2D eigenvalue weighted by molar-refractivity contribution is 0.370. The molecule has 0 bridgehead atoms. The minimum absolute atomic E-state index is 0.0661. The highest BCUT2D eigenvalue weighted by molar-refractivity contribution is 5.46. The number of nitriles is 1. The molecule has 0 aliphatic rings. The summed E-state index contributed by atoms with van der Waals surface area (Å²) in [6.07, 6.45) is 0. The SMILES string of the molecule is COc1cc(C(C)C)c(C#N)c(F)c1F. The van der Waals surface area contributed by atoms with Crippen LogP contribution in [0.5, 0.6) is 5.75 Å². The second-order valence-electron chi connectivity index (χ2n) is 3.44. The smallest absolute Gasteiger partial charge is 0.201 e. The van der Waals surface area contributed by atoms with E-state index < -0.39 is 11.6 Å². The Morgan fingerprint density at radius 1 is 1.33 bits per heavy atom. The predicted molar refractivity (Wildman–Crippen MR) is 51.7 cm³/mol. The fraction of sp³-hybridized carbons (Fsp3) is 0.364. The highest BCUT2D eigenvalue weighted by Gasteiger charge is 2.20. The van der Waals surface area contributed by atoms with Crippen molar-refractivity contribution in [2.45, 2.75) is 19.8 Å². The predicted octanol–water partition coefficient (Wildman–Crippen LogP) is 2.97. The molecule has 0 unspecified atom stereocenters. The molecule has 0 aromatic heterocycles. The molecule has 0 saturated carbocycles. The lowest BCUT2D eigenvalue weighted by Crippen LogP contribution is -2.02. The Bertz CT molecular complexity index is 422. The number of hydrogen-bond donors (Lipinski definition) is 0. The van der Waals surface area contributed by atoms with Crippen molar-refractivity contribution in [1.82, 2.24) is 0 Å². The van der Waals surface area contributed by atoms with E-state index in [0.29, 0.717) is 5.56 Å². The second-order valence-corrected chi connectivity index (χ2v) is 3.44. The summed E-state index contributed by atoms with van der Waals surface area (Å²) >= 11 is 0. The van der Waals surface area contributed by atoms with E-state index in [9.17, 15) is 8.78 Å². The van der Waals surface area contributed by atoms with Gasteiger partial charge in [-0.05, 0) is 17.5 Å². The largest absolute Gasteiger partial charge is 0.494 e. The maximum absolute atomic E-state index is 13.4. The van der Waals surface area contributed by atoms with Crippen molar-refractivity contribution in [2.24, 2.45) is 0 Å². The van der Waals surface area contributed by atoms with Crippen molar-refractivity contribution >= 4 is 0 Å². The Morgan fingerprint density at radius 3 is 2.33 bits per heavy atom. The molecule has 0 fully saturated rings. The minimum atomic E-state index is -1.14. The maximum atomic E-state index is 13.4. The monoisotopic (exact) mass is 211 g/mol. The van der Waals surface area contributed by atoms with Crippen LogP contribution in [-0.4, -0.2) is 7.11 Å². The summed E-state index contributed by atoms with van der Waals surface area (Å²) in [6.45, 7) is 3.60. The maximum Gasteiger partial charge on any atom is 0.201 e. The zero-order valence-electron chi connectivity index (χ0n) is 8.77. The molecule has 4 heteroatoms. The van der Waals surface area contributed by atoms with Crippen LogP contribution in [0, 0.1) is 23.0 Å². The van der Waals surface area contributed by atoms with Gasteiger partial charge in [-0.2, -0.15) is 9.65 Å². The van der Waals surface area contributed by atoms with Gasteiger partial charge in [-0.25, -0.2) is 4.39 Å². The van der Waals surface area contributed by atoms with Crippen molar-refractivity contribution < 1.29 is 13.5 Å². The lowest BCUT2D eigenvalue weighted by Gasteiger charge is -2.11. The summed E-state index contributed by atoms with van der Waals surface area (Å²) in [5.74, 6) is -2.49. The second kappa shape index (κ2) is 4.26. The number of nitrogens with zero attached hydrogens (tertiary/aromatic N) is 1. The van der Waals surface area contributed by atoms with Gasteiger partial charge in [-0.15, -0.1) is 0 Å². The van der Waals surface area contributed by atoms with E-state index in [1.54, 1.807) is 19.9 Å². The molecule has 80 valence electrons. The van der Waals surface area contributed by atoms with E-state index in [4.69, 9.17) is 10.00 Å². The van der Waals surface area contributed by atoms with E-state index >= 15 is 0 Å². The van der Waals surface area contributed by atoms with Crippen molar-refractivity contribution in [2.75, 3.05) is 7.11 Å². The molecule has 0 amide bonds. The van der Waals surface area contributed by atoms with Gasteiger partial charge in [-0.1, -0.05) is 13.8 Å². The Morgan fingerprint density at radius 2 is 1.93 bits per heavy atom. The third-order valence-electron chi connectivity index (χ3n) is 2.16. The van der Waals surface area contributed by atoms with E-state index in [1.165, 1.54) is 13.2 Å². The summed E-state index contributed by atoms with van der Waals surface area (Å²) in [6, 6.07) is 3.03. The van der Waals surface area contributed by atoms with Gasteiger partial charge in [-0.3, -0.25) is 0 Å². The molecule has 2 nitrogen and oxygen atoms in total. The van der Waals surface area contributed by atoms with E-state index in [-0.39, 0.29) is 17.2 Å². The molecular weight excluding hydrogens is 200 g/mol. The van der Waals surface area contributed by atoms with Crippen LogP contribution in [0.2, 0.25) is 0 Å². The average Bonchev–Trinajstić information content (AvgIpc) is 2.21. The van der Waals surface area contributed by atoms with Gasteiger partial charge in [0, 0.05) is 0 Å². The molecule has 0 N–H and O–H groups in total. The number of halogens is 2. The van der Waals surface area contributed by atoms with Gasteiger partial charge in [0.25, 0.3) is 0 Å². The Kier molecular flexibility index (Phi) is 3.25. The van der Waals surface area contributed by atoms with Crippen LogP contribution in [0.15, 0.2) is 6.07 Å². The summed E-state index contributed by atoms with van der Waals surface area (Å²) in [7, 11) is 1.26. The summed E-state index contributed by atoms with van der Waals surface area (Å²) in [5, 5.41) is 8.74. The third kappa shape index (κ3) is 1.91.